The molecule has 0 aromatic heterocycles. The lowest BCUT2D eigenvalue weighted by Crippen LogP contribution is -2.14. The van der Waals surface area contributed by atoms with Crippen LogP contribution >= 0.6 is 0 Å². The molecule has 0 radical (unpaired) electrons. The van der Waals surface area contributed by atoms with Crippen molar-refractivity contribution in [3.05, 3.63) is 66.2 Å². The number of nitrogens with one attached hydrogen (secondary N) is 1. The third-order valence-electron chi connectivity index (χ3n) is 3.75. The van der Waals surface area contributed by atoms with Crippen LogP contribution in [0.3, 0.4) is 0 Å². The van der Waals surface area contributed by atoms with Gasteiger partial charge in [-0.1, -0.05) is 36.4 Å². The summed E-state index contributed by atoms with van der Waals surface area (Å²) in [6.45, 7) is 2.49. The number of nitrogens with two attached hydrogens (primary N) is 1. The van der Waals surface area contributed by atoms with Gasteiger partial charge >= 0.3 is 6.09 Å². The van der Waals surface area contributed by atoms with Gasteiger partial charge in [0.2, 0.25) is 0 Å². The van der Waals surface area contributed by atoms with Crippen LogP contribution in [0.25, 0.3) is 10.8 Å². The second-order valence-corrected chi connectivity index (χ2v) is 5.56. The van der Waals surface area contributed by atoms with Crippen LogP contribution < -0.4 is 15.8 Å². The molecular formula is C20H20N2O3. The molecule has 0 aliphatic heterocycles. The van der Waals surface area contributed by atoms with Crippen LogP contribution in [0, 0.1) is 0 Å². The second-order valence-electron chi connectivity index (χ2n) is 5.56. The first kappa shape index (κ1) is 16.6. The summed E-state index contributed by atoms with van der Waals surface area (Å²) in [6.07, 6.45) is -0.529. The molecule has 5 heteroatoms. The number of carbonyl (C=O) groups is 1. The van der Waals surface area contributed by atoms with Crippen LogP contribution in [-0.4, -0.2) is 12.7 Å². The monoisotopic (exact) mass is 336 g/mol. The highest BCUT2D eigenvalue weighted by Crippen LogP contribution is 2.25. The fraction of sp³-hybridized carbons (Fsp3) is 0.150. The number of nitrogen functional groups attached to an aromatic ring is 1. The van der Waals surface area contributed by atoms with Crippen molar-refractivity contribution in [1.29, 1.82) is 0 Å². The summed E-state index contributed by atoms with van der Waals surface area (Å²) in [5.74, 6) is 0.639. The van der Waals surface area contributed by atoms with E-state index in [1.54, 1.807) is 25.1 Å². The smallest absolute Gasteiger partial charge is 0.411 e. The summed E-state index contributed by atoms with van der Waals surface area (Å²) in [5, 5.41) is 4.97. The zero-order valence-corrected chi connectivity index (χ0v) is 14.0. The van der Waals surface area contributed by atoms with Gasteiger partial charge in [0.05, 0.1) is 18.0 Å². The number of benzene rings is 3. The molecule has 25 heavy (non-hydrogen) atoms. The Labute approximate surface area is 146 Å². The summed E-state index contributed by atoms with van der Waals surface area (Å²) in [7, 11) is 0. The number of carbonyl (C=O) groups excluding carboxylic acids is 1. The largest absolute Gasteiger partial charge is 0.489 e. The van der Waals surface area contributed by atoms with Gasteiger partial charge in [-0.05, 0) is 41.5 Å². The minimum atomic E-state index is -0.529. The zero-order valence-electron chi connectivity index (χ0n) is 14.0. The van der Waals surface area contributed by atoms with E-state index in [1.807, 2.05) is 18.2 Å². The Hall–Kier alpha value is -3.21. The molecule has 3 aromatic carbocycles. The summed E-state index contributed by atoms with van der Waals surface area (Å²) in [6, 6.07) is 19.6. The highest BCUT2D eigenvalue weighted by Gasteiger charge is 2.07. The lowest BCUT2D eigenvalue weighted by atomic mass is 10.1. The van der Waals surface area contributed by atoms with Gasteiger partial charge in [0.25, 0.3) is 0 Å². The molecule has 3 rings (SSSR count). The summed E-state index contributed by atoms with van der Waals surface area (Å²) >= 11 is 0. The van der Waals surface area contributed by atoms with E-state index in [1.165, 1.54) is 10.8 Å². The van der Waals surface area contributed by atoms with Gasteiger partial charge in [-0.15, -0.1) is 0 Å². The van der Waals surface area contributed by atoms with Crippen LogP contribution in [0.15, 0.2) is 60.7 Å². The fourth-order valence-electron chi connectivity index (χ4n) is 2.52. The van der Waals surface area contributed by atoms with Crippen molar-refractivity contribution < 1.29 is 14.3 Å². The molecule has 5 nitrogen and oxygen atoms in total. The van der Waals surface area contributed by atoms with Crippen molar-refractivity contribution in [3.8, 4) is 5.75 Å². The maximum atomic E-state index is 11.4. The van der Waals surface area contributed by atoms with Crippen molar-refractivity contribution >= 4 is 28.2 Å². The Balaban J connectivity index is 1.66. The van der Waals surface area contributed by atoms with Crippen LogP contribution in [0.1, 0.15) is 12.5 Å². The molecule has 0 aliphatic carbocycles. The third-order valence-corrected chi connectivity index (χ3v) is 3.75. The number of amides is 1. The standard InChI is InChI=1S/C20H20N2O3/c1-2-24-20(23)22-19-10-9-17(12-18(19)21)25-13-14-7-8-15-5-3-4-6-16(15)11-14/h3-12H,2,13,21H2,1H3,(H,22,23). The van der Waals surface area contributed by atoms with E-state index < -0.39 is 6.09 Å². The van der Waals surface area contributed by atoms with E-state index in [0.717, 1.165) is 5.56 Å². The van der Waals surface area contributed by atoms with Gasteiger partial charge in [0.15, 0.2) is 0 Å². The lowest BCUT2D eigenvalue weighted by Gasteiger charge is -2.11. The average molecular weight is 336 g/mol. The van der Waals surface area contributed by atoms with Gasteiger partial charge in [0.1, 0.15) is 12.4 Å². The maximum absolute atomic E-state index is 11.4. The molecule has 0 spiro atoms. The SMILES string of the molecule is CCOC(=O)Nc1ccc(OCc2ccc3ccccc3c2)cc1N. The molecule has 0 saturated carbocycles. The molecule has 0 fully saturated rings. The Kier molecular flexibility index (Phi) is 5.04. The van der Waals surface area contributed by atoms with Crippen LogP contribution in [-0.2, 0) is 11.3 Å². The van der Waals surface area contributed by atoms with Gasteiger partial charge < -0.3 is 15.2 Å². The van der Waals surface area contributed by atoms with Crippen LogP contribution in [0.5, 0.6) is 5.75 Å². The third kappa shape index (κ3) is 4.20. The number of ether oxygens (including phenoxy) is 2. The summed E-state index contributed by atoms with van der Waals surface area (Å²) < 4.78 is 10.6. The predicted octanol–water partition coefficient (Wildman–Crippen LogP) is 4.57. The highest BCUT2D eigenvalue weighted by atomic mass is 16.5. The van der Waals surface area contributed by atoms with Crippen molar-refractivity contribution in [1.82, 2.24) is 0 Å². The van der Waals surface area contributed by atoms with Crippen LogP contribution in [0.2, 0.25) is 0 Å². The molecule has 0 saturated heterocycles. The quantitative estimate of drug-likeness (QED) is 0.669. The van der Waals surface area contributed by atoms with Crippen molar-refractivity contribution in [3.63, 3.8) is 0 Å². The first-order valence-corrected chi connectivity index (χ1v) is 8.09. The van der Waals surface area contributed by atoms with E-state index in [9.17, 15) is 4.79 Å². The normalized spacial score (nSPS) is 10.4. The number of rotatable bonds is 5. The molecule has 1 amide bonds. The van der Waals surface area contributed by atoms with E-state index in [0.29, 0.717) is 30.3 Å². The number of fused-ring (bicyclic) bond motifs is 1. The number of hydrogen-bond acceptors (Lipinski definition) is 4. The van der Waals surface area contributed by atoms with Crippen LogP contribution in [0.4, 0.5) is 16.2 Å². The molecule has 0 bridgehead atoms. The van der Waals surface area contributed by atoms with E-state index >= 15 is 0 Å². The Bertz CT molecular complexity index is 893. The lowest BCUT2D eigenvalue weighted by molar-refractivity contribution is 0.168. The molecule has 3 N–H and O–H groups in total. The van der Waals surface area contributed by atoms with E-state index in [4.69, 9.17) is 15.2 Å². The Morgan fingerprint density at radius 3 is 2.60 bits per heavy atom. The predicted molar refractivity (Wildman–Crippen MR) is 99.8 cm³/mol. The van der Waals surface area contributed by atoms with Crippen molar-refractivity contribution in [2.75, 3.05) is 17.7 Å². The maximum Gasteiger partial charge on any atom is 0.411 e. The Morgan fingerprint density at radius 2 is 1.84 bits per heavy atom. The zero-order chi connectivity index (χ0) is 17.6. The van der Waals surface area contributed by atoms with Crippen molar-refractivity contribution in [2.45, 2.75) is 13.5 Å². The molecular weight excluding hydrogens is 316 g/mol. The number of hydrogen-bond donors (Lipinski definition) is 2. The molecule has 0 unspecified atom stereocenters. The van der Waals surface area contributed by atoms with Gasteiger partial charge in [-0.3, -0.25) is 5.32 Å². The topological polar surface area (TPSA) is 73.6 Å². The van der Waals surface area contributed by atoms with E-state index in [2.05, 4.69) is 29.6 Å². The van der Waals surface area contributed by atoms with Gasteiger partial charge in [0, 0.05) is 6.07 Å². The number of anilines is 2. The highest BCUT2D eigenvalue weighted by molar-refractivity contribution is 5.89. The minimum Gasteiger partial charge on any atom is -0.489 e. The second kappa shape index (κ2) is 7.57. The summed E-state index contributed by atoms with van der Waals surface area (Å²) in [5.41, 5.74) is 7.95. The molecule has 3 aromatic rings. The molecule has 0 heterocycles. The average Bonchev–Trinajstić information content (AvgIpc) is 2.62. The molecule has 128 valence electrons. The van der Waals surface area contributed by atoms with Gasteiger partial charge in [-0.25, -0.2) is 4.79 Å². The Morgan fingerprint density at radius 1 is 1.04 bits per heavy atom. The molecule has 0 atom stereocenters. The van der Waals surface area contributed by atoms with Crippen molar-refractivity contribution in [2.24, 2.45) is 0 Å². The van der Waals surface area contributed by atoms with Gasteiger partial charge in [-0.2, -0.15) is 0 Å². The first-order valence-electron chi connectivity index (χ1n) is 8.09. The summed E-state index contributed by atoms with van der Waals surface area (Å²) in [4.78, 5) is 11.4. The molecule has 0 aliphatic rings. The first-order chi connectivity index (χ1) is 12.2. The van der Waals surface area contributed by atoms with E-state index in [-0.39, 0.29) is 0 Å². The minimum absolute atomic E-state index is 0.304. The fourth-order valence-corrected chi connectivity index (χ4v) is 2.52.